The molecule has 0 radical (unpaired) electrons. The summed E-state index contributed by atoms with van der Waals surface area (Å²) >= 11 is 5.93. The van der Waals surface area contributed by atoms with Gasteiger partial charge in [0, 0.05) is 43.4 Å². The average molecular weight is 740 g/mol. The van der Waals surface area contributed by atoms with E-state index in [1.165, 1.54) is 60.5 Å². The number of hydrogen-bond acceptors (Lipinski definition) is 8. The fraction of sp³-hybridized carbons (Fsp3) is 0.441. The molecule has 4 rings (SSSR count). The maximum atomic E-state index is 14.4. The van der Waals surface area contributed by atoms with Gasteiger partial charge in [-0.1, -0.05) is 18.5 Å². The smallest absolute Gasteiger partial charge is 0.261 e. The van der Waals surface area contributed by atoms with E-state index in [2.05, 4.69) is 4.72 Å². The summed E-state index contributed by atoms with van der Waals surface area (Å²) in [4.78, 5) is 15.7. The van der Waals surface area contributed by atoms with Crippen molar-refractivity contribution in [3.8, 4) is 5.75 Å². The lowest BCUT2D eigenvalue weighted by atomic mass is 10.0. The van der Waals surface area contributed by atoms with E-state index in [1.54, 1.807) is 13.0 Å². The van der Waals surface area contributed by atoms with Gasteiger partial charge in [-0.25, -0.2) is 21.2 Å². The normalized spacial score (nSPS) is 20.6. The van der Waals surface area contributed by atoms with E-state index in [1.807, 2.05) is 13.8 Å². The number of nitrogens with one attached hydrogen (secondary N) is 1. The Kier molecular flexibility index (Phi) is 13.1. The van der Waals surface area contributed by atoms with Gasteiger partial charge in [-0.15, -0.1) is 0 Å². The van der Waals surface area contributed by atoms with Crippen LogP contribution in [0.4, 0.5) is 10.1 Å². The number of carbonyl (C=O) groups excluding carboxylic acids is 1. The van der Waals surface area contributed by atoms with Crippen molar-refractivity contribution in [1.29, 1.82) is 0 Å². The number of amides is 1. The van der Waals surface area contributed by atoms with Gasteiger partial charge >= 0.3 is 0 Å². The molecule has 0 saturated heterocycles. The fourth-order valence-corrected chi connectivity index (χ4v) is 7.77. The van der Waals surface area contributed by atoms with Gasteiger partial charge in [0.1, 0.15) is 11.6 Å². The van der Waals surface area contributed by atoms with Gasteiger partial charge in [0.15, 0.2) is 0 Å². The zero-order valence-corrected chi connectivity index (χ0v) is 30.3. The molecule has 0 aliphatic carbocycles. The lowest BCUT2D eigenvalue weighted by Crippen LogP contribution is -2.48. The van der Waals surface area contributed by atoms with Crippen molar-refractivity contribution in [1.82, 2.24) is 9.21 Å². The molecule has 11 nitrogen and oxygen atoms in total. The highest BCUT2D eigenvalue weighted by atomic mass is 35.5. The van der Waals surface area contributed by atoms with Crippen LogP contribution in [0.25, 0.3) is 0 Å². The molecule has 268 valence electrons. The quantitative estimate of drug-likeness (QED) is 0.297. The monoisotopic (exact) mass is 739 g/mol. The molecule has 2 N–H and O–H groups in total. The number of carbonyl (C=O) groups is 1. The fourth-order valence-electron chi connectivity index (χ4n) is 5.41. The van der Waals surface area contributed by atoms with Crippen LogP contribution in [0, 0.1) is 11.7 Å². The number of aliphatic hydroxyl groups excluding tert-OH is 1. The van der Waals surface area contributed by atoms with Gasteiger partial charge < -0.3 is 19.5 Å². The van der Waals surface area contributed by atoms with E-state index in [4.69, 9.17) is 21.1 Å². The minimum Gasteiger partial charge on any atom is -0.490 e. The van der Waals surface area contributed by atoms with Crippen LogP contribution in [0.15, 0.2) is 76.5 Å². The predicted molar refractivity (Wildman–Crippen MR) is 185 cm³/mol. The second-order valence-corrected chi connectivity index (χ2v) is 16.5. The Labute approximate surface area is 293 Å². The number of aliphatic hydroxyl groups is 1. The summed E-state index contributed by atoms with van der Waals surface area (Å²) < 4.78 is 82.7. The van der Waals surface area contributed by atoms with E-state index in [0.717, 1.165) is 22.9 Å². The van der Waals surface area contributed by atoms with Crippen LogP contribution in [-0.2, 0) is 24.8 Å². The van der Waals surface area contributed by atoms with Crippen molar-refractivity contribution in [2.75, 3.05) is 38.1 Å². The lowest BCUT2D eigenvalue weighted by Gasteiger charge is -2.35. The number of rotatable bonds is 9. The standard InChI is InChI=1S/C34H43ClFN3O8S2/c1-23-20-39(24(2)22-40)34(41)31-19-28(37-48(42,43)29-13-8-26(35)9-14-29)12-17-32(31)47-25(3)7-5-6-18-46-33(23)21-38(4)49(44,45)30-15-10-27(36)11-16-30/h8-17,19,23-25,33,37,40H,5-7,18,20-22H2,1-4H3/t23-,24+,25+,33-/m0/s1. The summed E-state index contributed by atoms with van der Waals surface area (Å²) in [5.74, 6) is -1.25. The van der Waals surface area contributed by atoms with Gasteiger partial charge in [-0.3, -0.25) is 9.52 Å². The van der Waals surface area contributed by atoms with Crippen LogP contribution in [0.5, 0.6) is 5.75 Å². The van der Waals surface area contributed by atoms with Crippen LogP contribution in [0.3, 0.4) is 0 Å². The zero-order valence-electron chi connectivity index (χ0n) is 27.9. The van der Waals surface area contributed by atoms with Crippen molar-refractivity contribution in [2.24, 2.45) is 5.92 Å². The number of fused-ring (bicyclic) bond motifs is 1. The Hall–Kier alpha value is -3.27. The maximum Gasteiger partial charge on any atom is 0.261 e. The Morgan fingerprint density at radius 1 is 1.02 bits per heavy atom. The van der Waals surface area contributed by atoms with E-state index in [9.17, 15) is 31.1 Å². The molecule has 0 spiro atoms. The first-order valence-corrected chi connectivity index (χ1v) is 19.3. The van der Waals surface area contributed by atoms with Crippen molar-refractivity contribution in [3.63, 3.8) is 0 Å². The minimum atomic E-state index is -4.03. The summed E-state index contributed by atoms with van der Waals surface area (Å²) in [6.07, 6.45) is 1.05. The Balaban J connectivity index is 1.67. The molecule has 0 unspecified atom stereocenters. The Morgan fingerprint density at radius 2 is 1.67 bits per heavy atom. The Morgan fingerprint density at radius 3 is 2.33 bits per heavy atom. The Bertz CT molecular complexity index is 1790. The van der Waals surface area contributed by atoms with Crippen LogP contribution in [-0.4, -0.2) is 88.7 Å². The van der Waals surface area contributed by atoms with Crippen molar-refractivity contribution >= 4 is 43.2 Å². The summed E-state index contributed by atoms with van der Waals surface area (Å²) in [7, 11) is -6.60. The van der Waals surface area contributed by atoms with E-state index in [-0.39, 0.29) is 52.6 Å². The highest BCUT2D eigenvalue weighted by Gasteiger charge is 2.32. The summed E-state index contributed by atoms with van der Waals surface area (Å²) in [5, 5.41) is 10.6. The molecule has 1 aliphatic heterocycles. The van der Waals surface area contributed by atoms with Gasteiger partial charge in [0.2, 0.25) is 10.0 Å². The van der Waals surface area contributed by atoms with Crippen LogP contribution < -0.4 is 9.46 Å². The molecule has 0 bridgehead atoms. The molecule has 49 heavy (non-hydrogen) atoms. The summed E-state index contributed by atoms with van der Waals surface area (Å²) in [5.41, 5.74) is 0.207. The number of sulfonamides is 2. The third kappa shape index (κ3) is 9.92. The molecule has 3 aromatic rings. The number of nitrogens with zero attached hydrogens (tertiary/aromatic N) is 2. The maximum absolute atomic E-state index is 14.4. The molecule has 1 heterocycles. The molecular formula is C34H43ClFN3O8S2. The molecule has 0 saturated carbocycles. The third-order valence-corrected chi connectivity index (χ3v) is 11.9. The number of benzene rings is 3. The number of ether oxygens (including phenoxy) is 2. The SMILES string of the molecule is C[C@@H]1CCCCO[C@@H](CN(C)S(=O)(=O)c2ccc(F)cc2)[C@@H](C)CN([C@H](C)CO)C(=O)c2cc(NS(=O)(=O)c3ccc(Cl)cc3)ccc2O1. The van der Waals surface area contributed by atoms with Gasteiger partial charge in [0.25, 0.3) is 15.9 Å². The molecule has 1 aliphatic rings. The first kappa shape index (κ1) is 38.5. The molecule has 15 heteroatoms. The van der Waals surface area contributed by atoms with Crippen molar-refractivity contribution in [3.05, 3.63) is 83.1 Å². The topological polar surface area (TPSA) is 143 Å². The molecule has 3 aromatic carbocycles. The van der Waals surface area contributed by atoms with Crippen LogP contribution in [0.2, 0.25) is 5.02 Å². The second kappa shape index (κ2) is 16.6. The van der Waals surface area contributed by atoms with E-state index >= 15 is 0 Å². The van der Waals surface area contributed by atoms with E-state index < -0.39 is 49.8 Å². The number of halogens is 2. The third-order valence-electron chi connectivity index (χ3n) is 8.39. The molecule has 4 atom stereocenters. The minimum absolute atomic E-state index is 0.0185. The van der Waals surface area contributed by atoms with Crippen LogP contribution in [0.1, 0.15) is 50.4 Å². The van der Waals surface area contributed by atoms with Gasteiger partial charge in [0.05, 0.1) is 40.2 Å². The van der Waals surface area contributed by atoms with Gasteiger partial charge in [-0.2, -0.15) is 4.31 Å². The first-order chi connectivity index (χ1) is 23.1. The number of anilines is 1. The largest absolute Gasteiger partial charge is 0.490 e. The van der Waals surface area contributed by atoms with E-state index in [0.29, 0.717) is 24.5 Å². The molecule has 1 amide bonds. The van der Waals surface area contributed by atoms with Gasteiger partial charge in [-0.05, 0) is 99.8 Å². The van der Waals surface area contributed by atoms with Crippen molar-refractivity contribution in [2.45, 2.75) is 68.1 Å². The molecule has 0 fully saturated rings. The molecule has 0 aromatic heterocycles. The van der Waals surface area contributed by atoms with Crippen LogP contribution >= 0.6 is 11.6 Å². The number of hydrogen-bond donors (Lipinski definition) is 2. The summed E-state index contributed by atoms with van der Waals surface area (Å²) in [6.45, 7) is 5.34. The molecular weight excluding hydrogens is 697 g/mol. The highest BCUT2D eigenvalue weighted by Crippen LogP contribution is 2.30. The zero-order chi connectivity index (χ0) is 35.9. The first-order valence-electron chi connectivity index (χ1n) is 16.0. The predicted octanol–water partition coefficient (Wildman–Crippen LogP) is 5.40. The lowest BCUT2D eigenvalue weighted by molar-refractivity contribution is -0.00834. The average Bonchev–Trinajstić information content (AvgIpc) is 3.06. The summed E-state index contributed by atoms with van der Waals surface area (Å²) in [6, 6.07) is 14.0. The second-order valence-electron chi connectivity index (χ2n) is 12.3. The highest BCUT2D eigenvalue weighted by molar-refractivity contribution is 7.92. The van der Waals surface area contributed by atoms with Crippen molar-refractivity contribution < 1.29 is 40.6 Å². The number of likely N-dealkylation sites (N-methyl/N-ethyl adjacent to an activating group) is 1.